The summed E-state index contributed by atoms with van der Waals surface area (Å²) in [6.07, 6.45) is 5.17. The Kier molecular flexibility index (Phi) is 7.83. The van der Waals surface area contributed by atoms with E-state index < -0.39 is 0 Å². The molecule has 2 aromatic rings. The van der Waals surface area contributed by atoms with Gasteiger partial charge in [-0.15, -0.1) is 0 Å². The van der Waals surface area contributed by atoms with Crippen LogP contribution in [-0.2, 0) is 6.42 Å². The number of aryl methyl sites for hydroxylation is 1. The zero-order valence-electron chi connectivity index (χ0n) is 17.1. The summed E-state index contributed by atoms with van der Waals surface area (Å²) in [6, 6.07) is 10.1. The molecule has 4 heteroatoms. The Bertz CT molecular complexity index is 743. The van der Waals surface area contributed by atoms with Crippen LogP contribution in [0.2, 0.25) is 0 Å². The van der Waals surface area contributed by atoms with Crippen LogP contribution in [0.25, 0.3) is 11.1 Å². The molecule has 1 unspecified atom stereocenters. The highest BCUT2D eigenvalue weighted by atomic mass is 16.5. The lowest BCUT2D eigenvalue weighted by Gasteiger charge is -2.16. The average molecular weight is 371 g/mol. The predicted octanol–water partition coefficient (Wildman–Crippen LogP) is 5.98. The standard InChI is InChI=1S/C20H26N2O2.C3H8/c1-3-4-7-24-19-9-14-6-5-13(2)22-17-11-15(10-16(21)12-17)20(19)18(23)8-14;1-3-2/h8-13,22-23H,3-7,21H2,1-2H3;3H2,1-2H3. The minimum atomic E-state index is 0.255. The molecule has 0 spiro atoms. The van der Waals surface area contributed by atoms with E-state index in [-0.39, 0.29) is 5.75 Å². The van der Waals surface area contributed by atoms with Crippen molar-refractivity contribution in [3.8, 4) is 22.6 Å². The normalized spacial score (nSPS) is 15.2. The van der Waals surface area contributed by atoms with E-state index in [1.165, 1.54) is 6.42 Å². The first-order valence-electron chi connectivity index (χ1n) is 10.1. The fourth-order valence-electron chi connectivity index (χ4n) is 3.15. The second-order valence-corrected chi connectivity index (χ2v) is 7.32. The summed E-state index contributed by atoms with van der Waals surface area (Å²) in [4.78, 5) is 0. The van der Waals surface area contributed by atoms with E-state index in [4.69, 9.17) is 10.5 Å². The number of fused-ring (bicyclic) bond motifs is 5. The summed E-state index contributed by atoms with van der Waals surface area (Å²) in [5.41, 5.74) is 10.4. The van der Waals surface area contributed by atoms with Gasteiger partial charge < -0.3 is 20.9 Å². The van der Waals surface area contributed by atoms with E-state index in [1.54, 1.807) is 0 Å². The van der Waals surface area contributed by atoms with Crippen molar-refractivity contribution in [3.63, 3.8) is 0 Å². The van der Waals surface area contributed by atoms with Crippen LogP contribution in [-0.4, -0.2) is 17.8 Å². The van der Waals surface area contributed by atoms with E-state index in [0.29, 0.717) is 18.3 Å². The van der Waals surface area contributed by atoms with Crippen molar-refractivity contribution in [2.75, 3.05) is 17.7 Å². The van der Waals surface area contributed by atoms with Gasteiger partial charge in [-0.2, -0.15) is 0 Å². The number of benzene rings is 2. The summed E-state index contributed by atoms with van der Waals surface area (Å²) in [6.45, 7) is 9.20. The number of nitrogens with two attached hydrogens (primary N) is 1. The van der Waals surface area contributed by atoms with Crippen molar-refractivity contribution >= 4 is 11.4 Å². The van der Waals surface area contributed by atoms with Crippen LogP contribution < -0.4 is 15.8 Å². The molecular formula is C23H34N2O2. The van der Waals surface area contributed by atoms with Crippen molar-refractivity contribution < 1.29 is 9.84 Å². The molecule has 4 N–H and O–H groups in total. The van der Waals surface area contributed by atoms with Gasteiger partial charge in [-0.3, -0.25) is 0 Å². The fourth-order valence-corrected chi connectivity index (χ4v) is 3.15. The van der Waals surface area contributed by atoms with Crippen molar-refractivity contribution in [1.29, 1.82) is 0 Å². The quantitative estimate of drug-likeness (QED) is 0.457. The minimum absolute atomic E-state index is 0.255. The zero-order chi connectivity index (χ0) is 19.8. The Morgan fingerprint density at radius 3 is 2.59 bits per heavy atom. The number of anilines is 2. The fraction of sp³-hybridized carbons (Fsp3) is 0.478. The Morgan fingerprint density at radius 2 is 1.89 bits per heavy atom. The van der Waals surface area contributed by atoms with Crippen molar-refractivity contribution in [3.05, 3.63) is 35.9 Å². The Balaban J connectivity index is 0.000000817. The number of unbranched alkanes of at least 4 members (excludes halogenated alkanes) is 1. The molecule has 0 saturated carbocycles. The number of nitrogen functional groups attached to an aromatic ring is 1. The summed E-state index contributed by atoms with van der Waals surface area (Å²) in [5.74, 6) is 0.995. The minimum Gasteiger partial charge on any atom is -0.507 e. The second-order valence-electron chi connectivity index (χ2n) is 7.32. The number of hydrogen-bond acceptors (Lipinski definition) is 4. The highest BCUT2D eigenvalue weighted by Gasteiger charge is 2.17. The molecule has 0 fully saturated rings. The van der Waals surface area contributed by atoms with Crippen LogP contribution in [0.4, 0.5) is 11.4 Å². The molecule has 4 rings (SSSR count). The van der Waals surface area contributed by atoms with Gasteiger partial charge in [-0.1, -0.05) is 33.6 Å². The smallest absolute Gasteiger partial charge is 0.131 e. The monoisotopic (exact) mass is 370 g/mol. The van der Waals surface area contributed by atoms with Crippen LogP contribution in [0.15, 0.2) is 30.3 Å². The average Bonchev–Trinajstić information content (AvgIpc) is 2.62. The molecule has 4 nitrogen and oxygen atoms in total. The van der Waals surface area contributed by atoms with E-state index in [2.05, 4.69) is 39.1 Å². The van der Waals surface area contributed by atoms with Crippen molar-refractivity contribution in [2.24, 2.45) is 0 Å². The van der Waals surface area contributed by atoms with Gasteiger partial charge in [0.2, 0.25) is 0 Å². The molecule has 0 aromatic heterocycles. The molecule has 148 valence electrons. The molecule has 1 atom stereocenters. The number of aromatic hydroxyl groups is 1. The SMILES string of the molecule is CCC.CCCCOc1cc2cc(O)c1-c1cc(N)cc(c1)NC(C)CC2. The maximum atomic E-state index is 10.6. The van der Waals surface area contributed by atoms with Crippen LogP contribution in [0, 0.1) is 0 Å². The molecule has 0 saturated heterocycles. The number of hydrogen-bond donors (Lipinski definition) is 3. The first-order valence-corrected chi connectivity index (χ1v) is 10.1. The Labute approximate surface area is 163 Å². The van der Waals surface area contributed by atoms with Gasteiger partial charge in [-0.05, 0) is 67.6 Å². The van der Waals surface area contributed by atoms with E-state index >= 15 is 0 Å². The van der Waals surface area contributed by atoms with Gasteiger partial charge >= 0.3 is 0 Å². The lowest BCUT2D eigenvalue weighted by atomic mass is 9.98. The van der Waals surface area contributed by atoms with Crippen LogP contribution >= 0.6 is 0 Å². The number of nitrogens with one attached hydrogen (secondary N) is 1. The maximum absolute atomic E-state index is 10.6. The lowest BCUT2D eigenvalue weighted by Crippen LogP contribution is -2.15. The van der Waals surface area contributed by atoms with Crippen LogP contribution in [0.1, 0.15) is 58.9 Å². The van der Waals surface area contributed by atoms with E-state index in [1.807, 2.05) is 24.3 Å². The number of ether oxygens (including phenoxy) is 1. The number of phenols is 1. The van der Waals surface area contributed by atoms with Gasteiger partial charge in [0, 0.05) is 17.4 Å². The van der Waals surface area contributed by atoms with E-state index in [0.717, 1.165) is 53.8 Å². The first kappa shape index (κ1) is 20.9. The van der Waals surface area contributed by atoms with Crippen LogP contribution in [0.3, 0.4) is 0 Å². The van der Waals surface area contributed by atoms with Gasteiger partial charge in [-0.25, -0.2) is 0 Å². The van der Waals surface area contributed by atoms with Gasteiger partial charge in [0.1, 0.15) is 11.5 Å². The molecule has 0 radical (unpaired) electrons. The third kappa shape index (κ3) is 5.81. The Morgan fingerprint density at radius 1 is 1.15 bits per heavy atom. The molecule has 0 amide bonds. The third-order valence-electron chi connectivity index (χ3n) is 4.42. The highest BCUT2D eigenvalue weighted by molar-refractivity contribution is 5.82. The molecule has 2 aliphatic heterocycles. The summed E-state index contributed by atoms with van der Waals surface area (Å²) >= 11 is 0. The molecule has 2 aliphatic rings. The molecule has 0 aliphatic carbocycles. The topological polar surface area (TPSA) is 67.5 Å². The largest absolute Gasteiger partial charge is 0.507 e. The van der Waals surface area contributed by atoms with Crippen molar-refractivity contribution in [2.45, 2.75) is 65.8 Å². The van der Waals surface area contributed by atoms with Gasteiger partial charge in [0.15, 0.2) is 0 Å². The maximum Gasteiger partial charge on any atom is 0.131 e. The molecule has 27 heavy (non-hydrogen) atoms. The van der Waals surface area contributed by atoms with Crippen molar-refractivity contribution in [1.82, 2.24) is 0 Å². The molecule has 2 aromatic carbocycles. The highest BCUT2D eigenvalue weighted by Crippen LogP contribution is 2.41. The number of rotatable bonds is 4. The summed E-state index contributed by atoms with van der Waals surface area (Å²) in [5, 5.41) is 14.1. The first-order chi connectivity index (χ1) is 13.0. The zero-order valence-corrected chi connectivity index (χ0v) is 17.1. The summed E-state index contributed by atoms with van der Waals surface area (Å²) < 4.78 is 6.01. The van der Waals surface area contributed by atoms with Crippen LogP contribution in [0.5, 0.6) is 11.5 Å². The Hall–Kier alpha value is -2.36. The van der Waals surface area contributed by atoms with Gasteiger partial charge in [0.25, 0.3) is 0 Å². The second kappa shape index (κ2) is 10.1. The summed E-state index contributed by atoms with van der Waals surface area (Å²) in [7, 11) is 0. The lowest BCUT2D eigenvalue weighted by molar-refractivity contribution is 0.309. The number of phenolic OH excluding ortho intramolecular Hbond substituents is 1. The molecule has 2 heterocycles. The molecule has 4 bridgehead atoms. The third-order valence-corrected chi connectivity index (χ3v) is 4.42. The van der Waals surface area contributed by atoms with E-state index in [9.17, 15) is 5.11 Å². The predicted molar refractivity (Wildman–Crippen MR) is 116 cm³/mol. The molecular weight excluding hydrogens is 336 g/mol. The van der Waals surface area contributed by atoms with Gasteiger partial charge in [0.05, 0.1) is 12.2 Å².